The molecule has 0 spiro atoms. The molecular formula is C20H23N. The highest BCUT2D eigenvalue weighted by molar-refractivity contribution is 5.64. The molecule has 3 unspecified atom stereocenters. The summed E-state index contributed by atoms with van der Waals surface area (Å²) in [7, 11) is 0. The van der Waals surface area contributed by atoms with Crippen LogP contribution in [-0.2, 0) is 5.41 Å². The van der Waals surface area contributed by atoms with Crippen LogP contribution in [0.3, 0.4) is 0 Å². The van der Waals surface area contributed by atoms with Crippen LogP contribution in [0.15, 0.2) is 36.5 Å². The number of fused-ring (bicyclic) bond motifs is 3. The first kappa shape index (κ1) is 13.1. The summed E-state index contributed by atoms with van der Waals surface area (Å²) in [6, 6.07) is 11.1. The average molecular weight is 277 g/mol. The molecule has 21 heavy (non-hydrogen) atoms. The summed E-state index contributed by atoms with van der Waals surface area (Å²) in [5.41, 5.74) is 7.56. The van der Waals surface area contributed by atoms with Crippen molar-refractivity contribution in [2.75, 3.05) is 0 Å². The average Bonchev–Trinajstić information content (AvgIpc) is 2.98. The Kier molecular flexibility index (Phi) is 2.47. The predicted molar refractivity (Wildman–Crippen MR) is 87.5 cm³/mol. The fourth-order valence-electron chi connectivity index (χ4n) is 4.72. The van der Waals surface area contributed by atoms with Crippen LogP contribution in [0.1, 0.15) is 56.2 Å². The van der Waals surface area contributed by atoms with Crippen LogP contribution in [0.5, 0.6) is 0 Å². The van der Waals surface area contributed by atoms with Crippen LogP contribution in [-0.4, -0.2) is 4.98 Å². The van der Waals surface area contributed by atoms with E-state index in [0.717, 1.165) is 5.69 Å². The van der Waals surface area contributed by atoms with Crippen LogP contribution >= 0.6 is 0 Å². The third-order valence-electron chi connectivity index (χ3n) is 6.29. The topological polar surface area (TPSA) is 12.9 Å². The van der Waals surface area contributed by atoms with Crippen LogP contribution in [0.25, 0.3) is 11.3 Å². The van der Waals surface area contributed by atoms with Crippen molar-refractivity contribution in [2.45, 2.75) is 51.9 Å². The fraction of sp³-hybridized carbons (Fsp3) is 0.450. The Morgan fingerprint density at radius 3 is 2.57 bits per heavy atom. The maximum atomic E-state index is 4.77. The summed E-state index contributed by atoms with van der Waals surface area (Å²) in [6.07, 6.45) is 4.72. The Hall–Kier alpha value is -1.63. The third-order valence-corrected chi connectivity index (χ3v) is 6.29. The van der Waals surface area contributed by atoms with Crippen molar-refractivity contribution in [3.63, 3.8) is 0 Å². The molecule has 0 N–H and O–H groups in total. The lowest BCUT2D eigenvalue weighted by atomic mass is 9.85. The van der Waals surface area contributed by atoms with E-state index in [1.807, 2.05) is 0 Å². The molecule has 1 saturated carbocycles. The van der Waals surface area contributed by atoms with Crippen LogP contribution in [0, 0.1) is 12.3 Å². The van der Waals surface area contributed by atoms with Crippen molar-refractivity contribution in [3.8, 4) is 11.3 Å². The number of aromatic nitrogens is 1. The molecule has 1 fully saturated rings. The predicted octanol–water partition coefficient (Wildman–Crippen LogP) is 5.23. The van der Waals surface area contributed by atoms with Gasteiger partial charge in [-0.2, -0.15) is 0 Å². The standard InChI is InChI=1S/C20H23N/c1-5-16-15-10-18(14-8-6-13(2)7-9-14)21-11-17(15)20(4)12-19(16,20)3/h6-11,16H,5,12H2,1-4H3. The van der Waals surface area contributed by atoms with Crippen LogP contribution in [0.2, 0.25) is 0 Å². The van der Waals surface area contributed by atoms with Gasteiger partial charge in [-0.05, 0) is 48.3 Å². The molecule has 1 heteroatoms. The van der Waals surface area contributed by atoms with Crippen molar-refractivity contribution in [1.82, 2.24) is 4.98 Å². The van der Waals surface area contributed by atoms with Crippen LogP contribution < -0.4 is 0 Å². The number of rotatable bonds is 2. The van der Waals surface area contributed by atoms with E-state index >= 15 is 0 Å². The highest BCUT2D eigenvalue weighted by Gasteiger charge is 2.70. The minimum Gasteiger partial charge on any atom is -0.256 e. The van der Waals surface area contributed by atoms with E-state index < -0.39 is 0 Å². The maximum Gasteiger partial charge on any atom is 0.0705 e. The zero-order valence-electron chi connectivity index (χ0n) is 13.4. The Balaban J connectivity index is 1.83. The molecule has 2 aliphatic rings. The molecule has 2 aliphatic carbocycles. The number of hydrogen-bond donors (Lipinski definition) is 0. The van der Waals surface area contributed by atoms with E-state index in [1.165, 1.54) is 29.5 Å². The Labute approximate surface area is 127 Å². The third kappa shape index (κ3) is 1.55. The number of hydrogen-bond acceptors (Lipinski definition) is 1. The van der Waals surface area contributed by atoms with Gasteiger partial charge < -0.3 is 0 Å². The van der Waals surface area contributed by atoms with Gasteiger partial charge in [-0.1, -0.05) is 50.6 Å². The molecular weight excluding hydrogens is 254 g/mol. The summed E-state index contributed by atoms with van der Waals surface area (Å²) in [6.45, 7) is 9.35. The molecule has 1 aromatic heterocycles. The second kappa shape index (κ2) is 3.97. The van der Waals surface area contributed by atoms with Gasteiger partial charge in [0, 0.05) is 17.2 Å². The van der Waals surface area contributed by atoms with E-state index in [2.05, 4.69) is 64.2 Å². The van der Waals surface area contributed by atoms with Gasteiger partial charge in [-0.15, -0.1) is 0 Å². The first-order valence-corrected chi connectivity index (χ1v) is 8.07. The molecule has 0 saturated heterocycles. The van der Waals surface area contributed by atoms with E-state index in [-0.39, 0.29) is 0 Å². The molecule has 0 aliphatic heterocycles. The summed E-state index contributed by atoms with van der Waals surface area (Å²) in [5, 5.41) is 0. The van der Waals surface area contributed by atoms with Crippen LogP contribution in [0.4, 0.5) is 0 Å². The van der Waals surface area contributed by atoms with E-state index in [4.69, 9.17) is 4.98 Å². The van der Waals surface area contributed by atoms with E-state index in [9.17, 15) is 0 Å². The number of nitrogens with zero attached hydrogens (tertiary/aromatic N) is 1. The van der Waals surface area contributed by atoms with Gasteiger partial charge >= 0.3 is 0 Å². The fourth-order valence-corrected chi connectivity index (χ4v) is 4.72. The normalized spacial score (nSPS) is 32.7. The molecule has 2 aromatic rings. The first-order valence-electron chi connectivity index (χ1n) is 8.07. The zero-order valence-corrected chi connectivity index (χ0v) is 13.4. The molecule has 0 amide bonds. The maximum absolute atomic E-state index is 4.77. The molecule has 0 bridgehead atoms. The molecule has 3 atom stereocenters. The first-order chi connectivity index (χ1) is 9.99. The SMILES string of the molecule is CCC1c2cc(-c3ccc(C)cc3)ncc2C2(C)CC12C. The summed E-state index contributed by atoms with van der Waals surface area (Å²) in [4.78, 5) is 4.77. The smallest absolute Gasteiger partial charge is 0.0705 e. The lowest BCUT2D eigenvalue weighted by molar-refractivity contribution is 0.407. The quantitative estimate of drug-likeness (QED) is 0.732. The van der Waals surface area contributed by atoms with Crippen molar-refractivity contribution in [3.05, 3.63) is 53.2 Å². The molecule has 108 valence electrons. The van der Waals surface area contributed by atoms with E-state index in [1.54, 1.807) is 5.56 Å². The highest BCUT2D eigenvalue weighted by Crippen LogP contribution is 2.76. The largest absolute Gasteiger partial charge is 0.256 e. The lowest BCUT2D eigenvalue weighted by Gasteiger charge is -2.19. The summed E-state index contributed by atoms with van der Waals surface area (Å²) in [5.74, 6) is 0.699. The van der Waals surface area contributed by atoms with Gasteiger partial charge in [0.15, 0.2) is 0 Å². The monoisotopic (exact) mass is 277 g/mol. The highest BCUT2D eigenvalue weighted by atomic mass is 14.8. The summed E-state index contributed by atoms with van der Waals surface area (Å²) < 4.78 is 0. The van der Waals surface area contributed by atoms with Gasteiger partial charge in [-0.3, -0.25) is 4.98 Å². The zero-order chi connectivity index (χ0) is 14.8. The van der Waals surface area contributed by atoms with Gasteiger partial charge in [0.2, 0.25) is 0 Å². The Morgan fingerprint density at radius 1 is 1.19 bits per heavy atom. The van der Waals surface area contributed by atoms with Gasteiger partial charge in [0.25, 0.3) is 0 Å². The molecule has 4 rings (SSSR count). The van der Waals surface area contributed by atoms with Crippen molar-refractivity contribution >= 4 is 0 Å². The van der Waals surface area contributed by atoms with E-state index in [0.29, 0.717) is 16.7 Å². The summed E-state index contributed by atoms with van der Waals surface area (Å²) >= 11 is 0. The molecule has 1 nitrogen and oxygen atoms in total. The van der Waals surface area contributed by atoms with Crippen molar-refractivity contribution < 1.29 is 0 Å². The minimum absolute atomic E-state index is 0.377. The second-order valence-electron chi connectivity index (χ2n) is 7.41. The van der Waals surface area contributed by atoms with Gasteiger partial charge in [0.05, 0.1) is 5.69 Å². The second-order valence-corrected chi connectivity index (χ2v) is 7.41. The molecule has 1 heterocycles. The van der Waals surface area contributed by atoms with Gasteiger partial charge in [0.1, 0.15) is 0 Å². The Bertz CT molecular complexity index is 715. The van der Waals surface area contributed by atoms with Crippen molar-refractivity contribution in [2.24, 2.45) is 5.41 Å². The number of benzene rings is 1. The molecule has 0 radical (unpaired) electrons. The lowest BCUT2D eigenvalue weighted by Crippen LogP contribution is -2.09. The minimum atomic E-state index is 0.377. The molecule has 1 aromatic carbocycles. The van der Waals surface area contributed by atoms with Crippen molar-refractivity contribution in [1.29, 1.82) is 0 Å². The number of pyridine rings is 1. The number of aryl methyl sites for hydroxylation is 1. The Morgan fingerprint density at radius 2 is 1.90 bits per heavy atom. The van der Waals surface area contributed by atoms with Gasteiger partial charge in [-0.25, -0.2) is 0 Å².